The zero-order chi connectivity index (χ0) is 21.3. The third-order valence-corrected chi connectivity index (χ3v) is 7.19. The highest BCUT2D eigenvalue weighted by molar-refractivity contribution is 7.89. The van der Waals surface area contributed by atoms with E-state index in [1.54, 1.807) is 13.1 Å². The number of hydrogen-bond donors (Lipinski definition) is 0. The Bertz CT molecular complexity index is 1020. The molecule has 1 saturated heterocycles. The van der Waals surface area contributed by atoms with Crippen molar-refractivity contribution in [3.05, 3.63) is 58.6 Å². The molecule has 1 heterocycles. The van der Waals surface area contributed by atoms with Crippen molar-refractivity contribution in [2.24, 2.45) is 0 Å². The van der Waals surface area contributed by atoms with Crippen LogP contribution >= 0.6 is 11.6 Å². The molecule has 0 bridgehead atoms. The number of anilines is 1. The van der Waals surface area contributed by atoms with Gasteiger partial charge in [-0.3, -0.25) is 4.79 Å². The molecule has 1 amide bonds. The van der Waals surface area contributed by atoms with E-state index in [1.807, 2.05) is 45.0 Å². The lowest BCUT2D eigenvalue weighted by molar-refractivity contribution is -0.0440. The second-order valence-electron chi connectivity index (χ2n) is 7.43. The molecule has 0 N–H and O–H groups in total. The van der Waals surface area contributed by atoms with Crippen LogP contribution < -0.4 is 4.90 Å². The topological polar surface area (TPSA) is 66.9 Å². The van der Waals surface area contributed by atoms with Gasteiger partial charge in [-0.2, -0.15) is 4.31 Å². The quantitative estimate of drug-likeness (QED) is 0.732. The molecule has 0 aromatic heterocycles. The number of morpholine rings is 1. The molecule has 0 radical (unpaired) electrons. The van der Waals surface area contributed by atoms with E-state index in [4.69, 9.17) is 16.3 Å². The maximum absolute atomic E-state index is 13.2. The van der Waals surface area contributed by atoms with Crippen molar-refractivity contribution in [3.8, 4) is 0 Å². The van der Waals surface area contributed by atoms with Crippen molar-refractivity contribution >= 4 is 33.2 Å². The number of hydrogen-bond acceptors (Lipinski definition) is 4. The maximum Gasteiger partial charge on any atom is 0.258 e. The van der Waals surface area contributed by atoms with Crippen LogP contribution in [-0.4, -0.2) is 51.0 Å². The van der Waals surface area contributed by atoms with E-state index < -0.39 is 10.0 Å². The Morgan fingerprint density at radius 2 is 1.79 bits per heavy atom. The Morgan fingerprint density at radius 1 is 1.14 bits per heavy atom. The molecule has 2 atom stereocenters. The summed E-state index contributed by atoms with van der Waals surface area (Å²) >= 11 is 6.23. The van der Waals surface area contributed by atoms with Crippen molar-refractivity contribution in [3.63, 3.8) is 0 Å². The highest BCUT2D eigenvalue weighted by Gasteiger charge is 2.34. The first-order valence-electron chi connectivity index (χ1n) is 9.39. The highest BCUT2D eigenvalue weighted by atomic mass is 35.5. The summed E-state index contributed by atoms with van der Waals surface area (Å²) in [7, 11) is -2.20. The van der Waals surface area contributed by atoms with E-state index in [1.165, 1.54) is 21.3 Å². The van der Waals surface area contributed by atoms with Gasteiger partial charge in [-0.25, -0.2) is 8.42 Å². The lowest BCUT2D eigenvalue weighted by Gasteiger charge is -2.34. The van der Waals surface area contributed by atoms with Crippen molar-refractivity contribution in [2.45, 2.75) is 37.9 Å². The number of carbonyl (C=O) groups excluding carboxylic acids is 1. The van der Waals surface area contributed by atoms with Crippen LogP contribution in [0.3, 0.4) is 0 Å². The molecule has 29 heavy (non-hydrogen) atoms. The van der Waals surface area contributed by atoms with Crippen LogP contribution in [0.4, 0.5) is 5.69 Å². The second kappa shape index (κ2) is 8.44. The normalized spacial score (nSPS) is 20.4. The predicted molar refractivity (Wildman–Crippen MR) is 114 cm³/mol. The minimum Gasteiger partial charge on any atom is -0.373 e. The van der Waals surface area contributed by atoms with Gasteiger partial charge in [-0.1, -0.05) is 23.7 Å². The van der Waals surface area contributed by atoms with Crippen molar-refractivity contribution in [2.75, 3.05) is 25.0 Å². The lowest BCUT2D eigenvalue weighted by atomic mass is 10.1. The number of aryl methyl sites for hydroxylation is 1. The number of halogens is 1. The summed E-state index contributed by atoms with van der Waals surface area (Å²) in [6.07, 6.45) is -0.436. The number of rotatable bonds is 4. The van der Waals surface area contributed by atoms with Crippen LogP contribution in [0.1, 0.15) is 29.8 Å². The van der Waals surface area contributed by atoms with E-state index in [2.05, 4.69) is 0 Å². The van der Waals surface area contributed by atoms with Gasteiger partial charge in [-0.15, -0.1) is 0 Å². The summed E-state index contributed by atoms with van der Waals surface area (Å²) < 4.78 is 33.4. The van der Waals surface area contributed by atoms with Crippen molar-refractivity contribution < 1.29 is 17.9 Å². The van der Waals surface area contributed by atoms with Crippen LogP contribution in [-0.2, 0) is 14.8 Å². The Balaban J connectivity index is 1.94. The van der Waals surface area contributed by atoms with Gasteiger partial charge < -0.3 is 9.64 Å². The smallest absolute Gasteiger partial charge is 0.258 e. The molecule has 156 valence electrons. The molecule has 2 unspecified atom stereocenters. The molecule has 2 aromatic carbocycles. The van der Waals surface area contributed by atoms with Gasteiger partial charge in [0.15, 0.2) is 0 Å². The third kappa shape index (κ3) is 4.64. The molecule has 6 nitrogen and oxygen atoms in total. The fraction of sp³-hybridized carbons (Fsp3) is 0.381. The summed E-state index contributed by atoms with van der Waals surface area (Å²) in [5, 5.41) is 0.0894. The van der Waals surface area contributed by atoms with E-state index >= 15 is 0 Å². The number of ether oxygens (including phenoxy) is 1. The first-order chi connectivity index (χ1) is 13.6. The van der Waals surface area contributed by atoms with E-state index in [-0.39, 0.29) is 46.7 Å². The SMILES string of the molecule is Cc1cccc(N(C)C(=O)c2ccc(Cl)c(S(=O)(=O)N3CC(C)OC(C)C3)c2)c1. The Labute approximate surface area is 177 Å². The van der Waals surface area contributed by atoms with Gasteiger partial charge in [0.25, 0.3) is 5.91 Å². The highest BCUT2D eigenvalue weighted by Crippen LogP contribution is 2.29. The van der Waals surface area contributed by atoms with E-state index in [0.717, 1.165) is 11.3 Å². The predicted octanol–water partition coefficient (Wildman–Crippen LogP) is 3.72. The molecule has 2 aromatic rings. The van der Waals surface area contributed by atoms with Crippen LogP contribution in [0.25, 0.3) is 0 Å². The molecule has 8 heteroatoms. The van der Waals surface area contributed by atoms with Crippen molar-refractivity contribution in [1.29, 1.82) is 0 Å². The van der Waals surface area contributed by atoms with Gasteiger partial charge in [-0.05, 0) is 56.7 Å². The minimum atomic E-state index is -3.86. The largest absolute Gasteiger partial charge is 0.373 e. The zero-order valence-corrected chi connectivity index (χ0v) is 18.5. The number of amides is 1. The average molecular weight is 437 g/mol. The third-order valence-electron chi connectivity index (χ3n) is 4.88. The summed E-state index contributed by atoms with van der Waals surface area (Å²) in [5.74, 6) is -0.313. The molecule has 1 aliphatic heterocycles. The fourth-order valence-electron chi connectivity index (χ4n) is 3.45. The number of sulfonamides is 1. The molecular weight excluding hydrogens is 412 g/mol. The molecule has 1 fully saturated rings. The first-order valence-corrected chi connectivity index (χ1v) is 11.2. The second-order valence-corrected chi connectivity index (χ2v) is 9.74. The van der Waals surface area contributed by atoms with Crippen LogP contribution in [0, 0.1) is 6.92 Å². The first kappa shape index (κ1) is 21.8. The van der Waals surface area contributed by atoms with E-state index in [0.29, 0.717) is 0 Å². The number of benzene rings is 2. The van der Waals surface area contributed by atoms with Gasteiger partial charge in [0, 0.05) is 31.4 Å². The zero-order valence-electron chi connectivity index (χ0n) is 16.9. The number of nitrogens with zero attached hydrogens (tertiary/aromatic N) is 2. The summed E-state index contributed by atoms with van der Waals surface area (Å²) in [4.78, 5) is 14.4. The number of carbonyl (C=O) groups is 1. The molecule has 0 saturated carbocycles. The van der Waals surface area contributed by atoms with Crippen molar-refractivity contribution in [1.82, 2.24) is 4.31 Å². The minimum absolute atomic E-state index is 0.0658. The molecule has 0 aliphatic carbocycles. The standard InChI is InChI=1S/C21H25ClN2O4S/c1-14-6-5-7-18(10-14)23(4)21(25)17-8-9-19(22)20(11-17)29(26,27)24-12-15(2)28-16(3)13-24/h5-11,15-16H,12-13H2,1-4H3. The average Bonchev–Trinajstić information content (AvgIpc) is 2.66. The van der Waals surface area contributed by atoms with Crippen LogP contribution in [0.2, 0.25) is 5.02 Å². The maximum atomic E-state index is 13.2. The molecule has 3 rings (SSSR count). The summed E-state index contributed by atoms with van der Waals surface area (Å²) in [6, 6.07) is 11.9. The van der Waals surface area contributed by atoms with Crippen LogP contribution in [0.15, 0.2) is 47.4 Å². The fourth-order valence-corrected chi connectivity index (χ4v) is 5.54. The molecular formula is C21H25ClN2O4S. The summed E-state index contributed by atoms with van der Waals surface area (Å²) in [5.41, 5.74) is 2.01. The van der Waals surface area contributed by atoms with Gasteiger partial charge in [0.2, 0.25) is 10.0 Å². The lowest BCUT2D eigenvalue weighted by Crippen LogP contribution is -2.48. The van der Waals surface area contributed by atoms with Crippen LogP contribution in [0.5, 0.6) is 0 Å². The van der Waals surface area contributed by atoms with Gasteiger partial charge in [0.05, 0.1) is 17.2 Å². The molecule has 1 aliphatic rings. The molecule has 0 spiro atoms. The van der Waals surface area contributed by atoms with Gasteiger partial charge >= 0.3 is 0 Å². The Morgan fingerprint density at radius 3 is 2.41 bits per heavy atom. The monoisotopic (exact) mass is 436 g/mol. The Hall–Kier alpha value is -1.93. The summed E-state index contributed by atoms with van der Waals surface area (Å²) in [6.45, 7) is 6.08. The Kier molecular flexibility index (Phi) is 6.33. The van der Waals surface area contributed by atoms with E-state index in [9.17, 15) is 13.2 Å². The van der Waals surface area contributed by atoms with Gasteiger partial charge in [0.1, 0.15) is 4.90 Å².